The predicted octanol–water partition coefficient (Wildman–Crippen LogP) is 3.64. The third-order valence-corrected chi connectivity index (χ3v) is 4.55. The van der Waals surface area contributed by atoms with E-state index in [4.69, 9.17) is 0 Å². The molecule has 0 spiro atoms. The summed E-state index contributed by atoms with van der Waals surface area (Å²) in [6.07, 6.45) is 0.530. The molecule has 1 aliphatic rings. The summed E-state index contributed by atoms with van der Waals surface area (Å²) < 4.78 is 14.2. The fourth-order valence-corrected chi connectivity index (χ4v) is 2.92. The van der Waals surface area contributed by atoms with Gasteiger partial charge < -0.3 is 4.90 Å². The molecular formula is C12H12Br2FNO. The topological polar surface area (TPSA) is 20.3 Å². The molecule has 0 radical (unpaired) electrons. The van der Waals surface area contributed by atoms with E-state index >= 15 is 0 Å². The maximum Gasteiger partial charge on any atom is 0.227 e. The smallest absolute Gasteiger partial charge is 0.227 e. The summed E-state index contributed by atoms with van der Waals surface area (Å²) in [6.45, 7) is 2.36. The van der Waals surface area contributed by atoms with Gasteiger partial charge in [-0.3, -0.25) is 4.79 Å². The van der Waals surface area contributed by atoms with Crippen molar-refractivity contribution < 1.29 is 9.18 Å². The van der Waals surface area contributed by atoms with Crippen molar-refractivity contribution in [2.24, 2.45) is 5.92 Å². The number of alkyl halides is 1. The first kappa shape index (κ1) is 13.0. The molecule has 92 valence electrons. The summed E-state index contributed by atoms with van der Waals surface area (Å²) in [4.78, 5) is 13.5. The molecule has 1 aromatic rings. The zero-order valence-corrected chi connectivity index (χ0v) is 12.5. The van der Waals surface area contributed by atoms with E-state index in [1.165, 1.54) is 0 Å². The number of halogens is 3. The SMILES string of the molecule is Cc1c(N2CC(CBr)CC2=O)ccc(Br)c1F. The Labute approximate surface area is 116 Å². The number of benzene rings is 1. The van der Waals surface area contributed by atoms with Gasteiger partial charge in [-0.15, -0.1) is 0 Å². The van der Waals surface area contributed by atoms with Crippen LogP contribution in [0, 0.1) is 18.7 Å². The highest BCUT2D eigenvalue weighted by Gasteiger charge is 2.31. The Bertz CT molecular complexity index is 464. The van der Waals surface area contributed by atoms with Gasteiger partial charge in [0.1, 0.15) is 5.82 Å². The molecule has 17 heavy (non-hydrogen) atoms. The zero-order chi connectivity index (χ0) is 12.6. The van der Waals surface area contributed by atoms with Crippen molar-refractivity contribution in [1.82, 2.24) is 0 Å². The summed E-state index contributed by atoms with van der Waals surface area (Å²) in [7, 11) is 0. The normalized spacial score (nSPS) is 20.1. The molecule has 1 saturated heterocycles. The molecule has 1 heterocycles. The van der Waals surface area contributed by atoms with Crippen LogP contribution in [0.5, 0.6) is 0 Å². The minimum Gasteiger partial charge on any atom is -0.312 e. The number of carbonyl (C=O) groups is 1. The summed E-state index contributed by atoms with van der Waals surface area (Å²) in [6, 6.07) is 3.43. The van der Waals surface area contributed by atoms with E-state index in [0.29, 0.717) is 34.6 Å². The highest BCUT2D eigenvalue weighted by molar-refractivity contribution is 9.10. The number of anilines is 1. The van der Waals surface area contributed by atoms with Crippen LogP contribution in [0.15, 0.2) is 16.6 Å². The number of nitrogens with zero attached hydrogens (tertiary/aromatic N) is 1. The lowest BCUT2D eigenvalue weighted by molar-refractivity contribution is -0.117. The largest absolute Gasteiger partial charge is 0.312 e. The summed E-state index contributed by atoms with van der Waals surface area (Å²) in [5.74, 6) is 0.0884. The second-order valence-corrected chi connectivity index (χ2v) is 5.74. The molecule has 5 heteroatoms. The Balaban J connectivity index is 2.35. The molecular weight excluding hydrogens is 353 g/mol. The molecule has 0 aliphatic carbocycles. The van der Waals surface area contributed by atoms with Crippen LogP contribution in [0.1, 0.15) is 12.0 Å². The van der Waals surface area contributed by atoms with Crippen molar-refractivity contribution in [3.63, 3.8) is 0 Å². The van der Waals surface area contributed by atoms with E-state index in [1.807, 2.05) is 0 Å². The third kappa shape index (κ3) is 2.40. The summed E-state index contributed by atoms with van der Waals surface area (Å²) >= 11 is 6.53. The highest BCUT2D eigenvalue weighted by Crippen LogP contribution is 2.32. The van der Waals surface area contributed by atoms with Crippen molar-refractivity contribution in [3.05, 3.63) is 28.0 Å². The van der Waals surface area contributed by atoms with Crippen LogP contribution in [0.4, 0.5) is 10.1 Å². The van der Waals surface area contributed by atoms with Gasteiger partial charge in [-0.2, -0.15) is 0 Å². The van der Waals surface area contributed by atoms with Crippen molar-refractivity contribution in [1.29, 1.82) is 0 Å². The lowest BCUT2D eigenvalue weighted by Crippen LogP contribution is -2.25. The van der Waals surface area contributed by atoms with E-state index in [1.54, 1.807) is 24.0 Å². The maximum absolute atomic E-state index is 13.8. The van der Waals surface area contributed by atoms with Crippen LogP contribution in [-0.2, 0) is 4.79 Å². The molecule has 0 N–H and O–H groups in total. The summed E-state index contributed by atoms with van der Waals surface area (Å²) in [5.41, 5.74) is 1.20. The van der Waals surface area contributed by atoms with E-state index in [-0.39, 0.29) is 11.7 Å². The first-order chi connectivity index (χ1) is 8.04. The van der Waals surface area contributed by atoms with Gasteiger partial charge >= 0.3 is 0 Å². The van der Waals surface area contributed by atoms with Gasteiger partial charge in [-0.25, -0.2) is 4.39 Å². The summed E-state index contributed by atoms with van der Waals surface area (Å²) in [5, 5.41) is 0.799. The van der Waals surface area contributed by atoms with Crippen molar-refractivity contribution in [2.45, 2.75) is 13.3 Å². The third-order valence-electron chi connectivity index (χ3n) is 3.02. The minimum atomic E-state index is -0.294. The zero-order valence-electron chi connectivity index (χ0n) is 9.34. The fourth-order valence-electron chi connectivity index (χ4n) is 2.05. The Morgan fingerprint density at radius 3 is 2.82 bits per heavy atom. The Kier molecular flexibility index (Phi) is 3.88. The number of hydrogen-bond donors (Lipinski definition) is 0. The van der Waals surface area contributed by atoms with Gasteiger partial charge in [0.15, 0.2) is 0 Å². The minimum absolute atomic E-state index is 0.0688. The first-order valence-electron chi connectivity index (χ1n) is 5.35. The Morgan fingerprint density at radius 2 is 2.24 bits per heavy atom. The van der Waals surface area contributed by atoms with Gasteiger partial charge in [0, 0.05) is 29.5 Å². The number of carbonyl (C=O) groups excluding carboxylic acids is 1. The van der Waals surface area contributed by atoms with Crippen molar-refractivity contribution in [3.8, 4) is 0 Å². The van der Waals surface area contributed by atoms with E-state index < -0.39 is 0 Å². The number of hydrogen-bond acceptors (Lipinski definition) is 1. The van der Waals surface area contributed by atoms with Gasteiger partial charge in [-0.05, 0) is 40.9 Å². The maximum atomic E-state index is 13.8. The van der Waals surface area contributed by atoms with Crippen LogP contribution in [-0.4, -0.2) is 17.8 Å². The average Bonchev–Trinajstić information content (AvgIpc) is 2.68. The molecule has 1 aliphatic heterocycles. The molecule has 1 unspecified atom stereocenters. The van der Waals surface area contributed by atoms with Gasteiger partial charge in [0.2, 0.25) is 5.91 Å². The van der Waals surface area contributed by atoms with Crippen molar-refractivity contribution in [2.75, 3.05) is 16.8 Å². The molecule has 2 nitrogen and oxygen atoms in total. The molecule has 1 atom stereocenters. The second-order valence-electron chi connectivity index (χ2n) is 4.23. The average molecular weight is 365 g/mol. The number of rotatable bonds is 2. The second kappa shape index (κ2) is 5.06. The van der Waals surface area contributed by atoms with Gasteiger partial charge in [0.05, 0.1) is 4.47 Å². The lowest BCUT2D eigenvalue weighted by atomic mass is 10.1. The predicted molar refractivity (Wildman–Crippen MR) is 73.1 cm³/mol. The van der Waals surface area contributed by atoms with Crippen LogP contribution >= 0.6 is 31.9 Å². The fraction of sp³-hybridized carbons (Fsp3) is 0.417. The molecule has 0 saturated carbocycles. The monoisotopic (exact) mass is 363 g/mol. The van der Waals surface area contributed by atoms with Gasteiger partial charge in [0.25, 0.3) is 0 Å². The number of amides is 1. The molecule has 1 aromatic carbocycles. The molecule has 1 amide bonds. The molecule has 0 aromatic heterocycles. The standard InChI is InChI=1S/C12H12Br2FNO/c1-7-10(3-2-9(14)12(7)15)16-6-8(5-13)4-11(16)17/h2-3,8H,4-6H2,1H3. The van der Waals surface area contributed by atoms with E-state index in [0.717, 1.165) is 5.33 Å². The quantitative estimate of drug-likeness (QED) is 0.733. The first-order valence-corrected chi connectivity index (χ1v) is 7.27. The van der Waals surface area contributed by atoms with Gasteiger partial charge in [-0.1, -0.05) is 15.9 Å². The van der Waals surface area contributed by atoms with Crippen LogP contribution < -0.4 is 4.90 Å². The molecule has 2 rings (SSSR count). The highest BCUT2D eigenvalue weighted by atomic mass is 79.9. The van der Waals surface area contributed by atoms with E-state index in [9.17, 15) is 9.18 Å². The van der Waals surface area contributed by atoms with Crippen LogP contribution in [0.2, 0.25) is 0 Å². The Hall–Kier alpha value is -0.420. The van der Waals surface area contributed by atoms with E-state index in [2.05, 4.69) is 31.9 Å². The van der Waals surface area contributed by atoms with Crippen LogP contribution in [0.3, 0.4) is 0 Å². The van der Waals surface area contributed by atoms with Crippen molar-refractivity contribution >= 4 is 43.5 Å². The molecule has 0 bridgehead atoms. The van der Waals surface area contributed by atoms with Crippen LogP contribution in [0.25, 0.3) is 0 Å². The lowest BCUT2D eigenvalue weighted by Gasteiger charge is -2.19. The molecule has 1 fully saturated rings. The Morgan fingerprint density at radius 1 is 1.53 bits per heavy atom.